The van der Waals surface area contributed by atoms with E-state index in [-0.39, 0.29) is 0 Å². The fraction of sp³-hybridized carbons (Fsp3) is 0.278. The van der Waals surface area contributed by atoms with Crippen molar-refractivity contribution in [1.82, 2.24) is 9.99 Å². The molecule has 6 nitrogen and oxygen atoms in total. The molecular weight excluding hydrogens is 336 g/mol. The summed E-state index contributed by atoms with van der Waals surface area (Å²) in [6.07, 6.45) is 4.64. The highest BCUT2D eigenvalue weighted by atomic mass is 32.2. The number of hydrazone groups is 1. The summed E-state index contributed by atoms with van der Waals surface area (Å²) in [6.45, 7) is 4.60. The molecule has 25 heavy (non-hydrogen) atoms. The number of pyridine rings is 1. The standard InChI is InChI=1S/C18H20N4O2S/c1-12-11-14(6-8-16(12)25-3)24-18-15(7-5-13(2)20-18)17(21-23)22-10-4-9-19-22/h5-9,11,23H,4,10H2,1-3H3/b21-17-. The number of hydrogen-bond donors (Lipinski definition) is 1. The Bertz CT molecular complexity index is 836. The van der Waals surface area contributed by atoms with Crippen LogP contribution < -0.4 is 4.74 Å². The highest BCUT2D eigenvalue weighted by Crippen LogP contribution is 2.29. The van der Waals surface area contributed by atoms with Crippen LogP contribution in [0.5, 0.6) is 11.6 Å². The number of thioether (sulfide) groups is 1. The molecule has 0 aliphatic carbocycles. The zero-order valence-electron chi connectivity index (χ0n) is 14.4. The van der Waals surface area contributed by atoms with Crippen molar-refractivity contribution < 1.29 is 9.94 Å². The lowest BCUT2D eigenvalue weighted by molar-refractivity contribution is 0.304. The number of aromatic nitrogens is 1. The van der Waals surface area contributed by atoms with Crippen LogP contribution in [0.2, 0.25) is 0 Å². The van der Waals surface area contributed by atoms with Crippen LogP contribution >= 0.6 is 11.8 Å². The molecule has 0 saturated heterocycles. The molecule has 0 radical (unpaired) electrons. The summed E-state index contributed by atoms with van der Waals surface area (Å²) >= 11 is 1.70. The summed E-state index contributed by atoms with van der Waals surface area (Å²) in [5.74, 6) is 1.41. The first-order chi connectivity index (χ1) is 12.1. The van der Waals surface area contributed by atoms with Gasteiger partial charge in [-0.3, -0.25) is 0 Å². The topological polar surface area (TPSA) is 70.3 Å². The van der Waals surface area contributed by atoms with E-state index in [4.69, 9.17) is 4.74 Å². The largest absolute Gasteiger partial charge is 0.438 e. The van der Waals surface area contributed by atoms with E-state index in [1.54, 1.807) is 23.0 Å². The van der Waals surface area contributed by atoms with Gasteiger partial charge in [-0.1, -0.05) is 5.16 Å². The van der Waals surface area contributed by atoms with Gasteiger partial charge in [0, 0.05) is 29.8 Å². The van der Waals surface area contributed by atoms with E-state index in [0.29, 0.717) is 29.6 Å². The molecule has 130 valence electrons. The smallest absolute Gasteiger partial charge is 0.230 e. The molecule has 0 atom stereocenters. The Morgan fingerprint density at radius 2 is 2.12 bits per heavy atom. The zero-order valence-corrected chi connectivity index (χ0v) is 15.2. The van der Waals surface area contributed by atoms with Gasteiger partial charge in [0.05, 0.1) is 5.56 Å². The number of amidine groups is 1. The average molecular weight is 356 g/mol. The molecule has 0 saturated carbocycles. The highest BCUT2D eigenvalue weighted by Gasteiger charge is 2.21. The summed E-state index contributed by atoms with van der Waals surface area (Å²) in [4.78, 5) is 5.69. The Kier molecular flexibility index (Phi) is 5.23. The molecule has 0 unspecified atom stereocenters. The summed E-state index contributed by atoms with van der Waals surface area (Å²) in [5, 5.41) is 18.8. The first-order valence-electron chi connectivity index (χ1n) is 7.95. The van der Waals surface area contributed by atoms with Crippen molar-refractivity contribution in [1.29, 1.82) is 0 Å². The van der Waals surface area contributed by atoms with Crippen LogP contribution in [0.4, 0.5) is 0 Å². The molecule has 2 heterocycles. The lowest BCUT2D eigenvalue weighted by Gasteiger charge is -2.18. The SMILES string of the molecule is CSc1ccc(Oc2nc(C)ccc2/C(=N/O)N2CCC=N2)cc1C. The quantitative estimate of drug-likeness (QED) is 0.294. The number of hydrogen-bond acceptors (Lipinski definition) is 6. The molecule has 1 aromatic carbocycles. The molecule has 2 aromatic rings. The van der Waals surface area contributed by atoms with Gasteiger partial charge in [-0.25, -0.2) is 9.99 Å². The second kappa shape index (κ2) is 7.57. The Balaban J connectivity index is 1.96. The number of benzene rings is 1. The van der Waals surface area contributed by atoms with E-state index in [2.05, 4.69) is 15.2 Å². The van der Waals surface area contributed by atoms with Crippen molar-refractivity contribution in [2.75, 3.05) is 12.8 Å². The number of oxime groups is 1. The lowest BCUT2D eigenvalue weighted by Crippen LogP contribution is -2.25. The Morgan fingerprint density at radius 1 is 1.28 bits per heavy atom. The first-order valence-corrected chi connectivity index (χ1v) is 9.17. The van der Waals surface area contributed by atoms with Gasteiger partial charge in [0.15, 0.2) is 0 Å². The molecule has 0 fully saturated rings. The molecule has 1 N–H and O–H groups in total. The van der Waals surface area contributed by atoms with Crippen LogP contribution in [0, 0.1) is 13.8 Å². The van der Waals surface area contributed by atoms with Crippen molar-refractivity contribution in [2.24, 2.45) is 10.3 Å². The van der Waals surface area contributed by atoms with Crippen LogP contribution in [0.25, 0.3) is 0 Å². The van der Waals surface area contributed by atoms with Crippen molar-refractivity contribution >= 4 is 23.8 Å². The van der Waals surface area contributed by atoms with Gasteiger partial charge >= 0.3 is 0 Å². The maximum atomic E-state index is 9.50. The lowest BCUT2D eigenvalue weighted by atomic mass is 10.2. The van der Waals surface area contributed by atoms with Gasteiger partial charge in [0.2, 0.25) is 11.7 Å². The molecule has 3 rings (SSSR count). The van der Waals surface area contributed by atoms with Crippen molar-refractivity contribution in [3.63, 3.8) is 0 Å². The summed E-state index contributed by atoms with van der Waals surface area (Å²) in [6, 6.07) is 9.61. The molecule has 0 amide bonds. The van der Waals surface area contributed by atoms with Crippen LogP contribution in [0.1, 0.15) is 23.2 Å². The second-order valence-corrected chi connectivity index (χ2v) is 6.52. The van der Waals surface area contributed by atoms with Gasteiger partial charge in [-0.15, -0.1) is 11.8 Å². The second-order valence-electron chi connectivity index (χ2n) is 5.67. The zero-order chi connectivity index (χ0) is 17.8. The maximum absolute atomic E-state index is 9.50. The van der Waals surface area contributed by atoms with E-state index in [1.807, 2.05) is 50.4 Å². The van der Waals surface area contributed by atoms with Gasteiger partial charge in [0.1, 0.15) is 5.75 Å². The molecule has 1 aliphatic rings. The third-order valence-electron chi connectivity index (χ3n) is 3.85. The van der Waals surface area contributed by atoms with E-state index < -0.39 is 0 Å². The van der Waals surface area contributed by atoms with Crippen LogP contribution in [-0.4, -0.2) is 40.1 Å². The van der Waals surface area contributed by atoms with Gasteiger partial charge < -0.3 is 9.94 Å². The molecule has 1 aromatic heterocycles. The summed E-state index contributed by atoms with van der Waals surface area (Å²) in [7, 11) is 0. The normalized spacial score (nSPS) is 14.2. The van der Waals surface area contributed by atoms with Crippen molar-refractivity contribution in [3.05, 3.63) is 47.2 Å². The molecule has 0 bridgehead atoms. The molecule has 7 heteroatoms. The Morgan fingerprint density at radius 3 is 2.76 bits per heavy atom. The fourth-order valence-electron chi connectivity index (χ4n) is 2.61. The van der Waals surface area contributed by atoms with Gasteiger partial charge in [-0.05, 0) is 56.0 Å². The maximum Gasteiger partial charge on any atom is 0.230 e. The monoisotopic (exact) mass is 356 g/mol. The number of aryl methyl sites for hydroxylation is 2. The van der Waals surface area contributed by atoms with E-state index in [0.717, 1.165) is 17.7 Å². The van der Waals surface area contributed by atoms with E-state index in [9.17, 15) is 5.21 Å². The third-order valence-corrected chi connectivity index (χ3v) is 4.75. The van der Waals surface area contributed by atoms with Crippen molar-refractivity contribution in [2.45, 2.75) is 25.2 Å². The molecule has 0 spiro atoms. The first kappa shape index (κ1) is 17.3. The Hall–Kier alpha value is -2.54. The fourth-order valence-corrected chi connectivity index (χ4v) is 3.19. The third kappa shape index (κ3) is 3.76. The number of rotatable bonds is 4. The predicted octanol–water partition coefficient (Wildman–Crippen LogP) is 4.04. The summed E-state index contributed by atoms with van der Waals surface area (Å²) in [5.41, 5.74) is 2.55. The summed E-state index contributed by atoms with van der Waals surface area (Å²) < 4.78 is 6.02. The van der Waals surface area contributed by atoms with E-state index >= 15 is 0 Å². The minimum atomic E-state index is 0.328. The predicted molar refractivity (Wildman–Crippen MR) is 100 cm³/mol. The molecular formula is C18H20N4O2S. The minimum absolute atomic E-state index is 0.328. The van der Waals surface area contributed by atoms with E-state index in [1.165, 1.54) is 4.90 Å². The molecule has 1 aliphatic heterocycles. The van der Waals surface area contributed by atoms with Gasteiger partial charge in [0.25, 0.3) is 0 Å². The minimum Gasteiger partial charge on any atom is -0.438 e. The van der Waals surface area contributed by atoms with Crippen LogP contribution in [0.3, 0.4) is 0 Å². The number of nitrogens with zero attached hydrogens (tertiary/aromatic N) is 4. The highest BCUT2D eigenvalue weighted by molar-refractivity contribution is 7.98. The Labute approximate surface area is 151 Å². The average Bonchev–Trinajstić information content (AvgIpc) is 3.12. The van der Waals surface area contributed by atoms with Crippen molar-refractivity contribution in [3.8, 4) is 11.6 Å². The van der Waals surface area contributed by atoms with Crippen LogP contribution in [-0.2, 0) is 0 Å². The van der Waals surface area contributed by atoms with Gasteiger partial charge in [-0.2, -0.15) is 5.10 Å². The van der Waals surface area contributed by atoms with Crippen LogP contribution in [0.15, 0.2) is 45.5 Å². The number of ether oxygens (including phenoxy) is 1.